The molecule has 18 heavy (non-hydrogen) atoms. The fourth-order valence-electron chi connectivity index (χ4n) is 2.20. The molecule has 1 saturated heterocycles. The fourth-order valence-corrected chi connectivity index (χ4v) is 2.20. The molecule has 1 fully saturated rings. The van der Waals surface area contributed by atoms with Crippen LogP contribution in [0, 0.1) is 11.2 Å². The van der Waals surface area contributed by atoms with Crippen molar-refractivity contribution in [1.29, 1.82) is 5.41 Å². The number of anilines is 1. The monoisotopic (exact) mass is 251 g/mol. The van der Waals surface area contributed by atoms with Crippen molar-refractivity contribution in [3.63, 3.8) is 0 Å². The summed E-state index contributed by atoms with van der Waals surface area (Å²) in [4.78, 5) is 2.00. The zero-order valence-electron chi connectivity index (χ0n) is 10.7. The van der Waals surface area contributed by atoms with Gasteiger partial charge in [-0.05, 0) is 32.0 Å². The minimum atomic E-state index is -0.349. The van der Waals surface area contributed by atoms with Gasteiger partial charge in [-0.3, -0.25) is 5.41 Å². The first-order valence-electron chi connectivity index (χ1n) is 5.91. The number of nitrogens with one attached hydrogen (secondary N) is 1. The van der Waals surface area contributed by atoms with Crippen LogP contribution in [0.4, 0.5) is 10.1 Å². The number of amidine groups is 1. The summed E-state index contributed by atoms with van der Waals surface area (Å²) in [6.45, 7) is 5.86. The lowest BCUT2D eigenvalue weighted by Crippen LogP contribution is -2.53. The standard InChI is InChI=1S/C13H18FN3O/c1-13(2)8-18-6-5-17(13)11-4-3-9(12(15)16)7-10(11)14/h3-4,7H,5-6,8H2,1-2H3,(H3,15,16). The molecule has 0 aromatic heterocycles. The normalized spacial score (nSPS) is 18.7. The predicted molar refractivity (Wildman–Crippen MR) is 69.7 cm³/mol. The molecule has 1 aromatic rings. The first-order valence-corrected chi connectivity index (χ1v) is 5.91. The van der Waals surface area contributed by atoms with Gasteiger partial charge in [0.1, 0.15) is 11.7 Å². The molecule has 4 nitrogen and oxygen atoms in total. The Morgan fingerprint density at radius 3 is 2.78 bits per heavy atom. The number of hydrogen-bond acceptors (Lipinski definition) is 3. The number of ether oxygens (including phenoxy) is 1. The Kier molecular flexibility index (Phi) is 3.26. The number of rotatable bonds is 2. The topological polar surface area (TPSA) is 62.3 Å². The molecule has 0 saturated carbocycles. The third kappa shape index (κ3) is 2.31. The maximum absolute atomic E-state index is 14.1. The lowest BCUT2D eigenvalue weighted by atomic mass is 10.0. The highest BCUT2D eigenvalue weighted by molar-refractivity contribution is 5.95. The van der Waals surface area contributed by atoms with Crippen molar-refractivity contribution >= 4 is 11.5 Å². The Hall–Kier alpha value is -1.62. The van der Waals surface area contributed by atoms with Gasteiger partial charge in [0.25, 0.3) is 0 Å². The largest absolute Gasteiger partial charge is 0.384 e. The lowest BCUT2D eigenvalue weighted by Gasteiger charge is -2.43. The molecule has 0 bridgehead atoms. The minimum absolute atomic E-state index is 0.123. The molecule has 0 atom stereocenters. The van der Waals surface area contributed by atoms with Crippen molar-refractivity contribution in [2.75, 3.05) is 24.7 Å². The first kappa shape index (κ1) is 12.8. The van der Waals surface area contributed by atoms with Crippen LogP contribution in [0.15, 0.2) is 18.2 Å². The Morgan fingerprint density at radius 1 is 1.50 bits per heavy atom. The molecule has 0 spiro atoms. The average molecular weight is 251 g/mol. The summed E-state index contributed by atoms with van der Waals surface area (Å²) < 4.78 is 19.5. The van der Waals surface area contributed by atoms with Crippen LogP contribution in [0.1, 0.15) is 19.4 Å². The number of morpholine rings is 1. The number of halogens is 1. The Labute approximate surface area is 106 Å². The summed E-state index contributed by atoms with van der Waals surface area (Å²) in [7, 11) is 0. The molecule has 98 valence electrons. The van der Waals surface area contributed by atoms with E-state index in [1.165, 1.54) is 6.07 Å². The van der Waals surface area contributed by atoms with E-state index >= 15 is 0 Å². The molecule has 2 rings (SSSR count). The summed E-state index contributed by atoms with van der Waals surface area (Å²) in [6.07, 6.45) is 0. The third-order valence-corrected chi connectivity index (χ3v) is 3.19. The van der Waals surface area contributed by atoms with Crippen LogP contribution >= 0.6 is 0 Å². The minimum Gasteiger partial charge on any atom is -0.384 e. The van der Waals surface area contributed by atoms with E-state index in [1.807, 2.05) is 18.7 Å². The van der Waals surface area contributed by atoms with Crippen molar-refractivity contribution in [3.05, 3.63) is 29.6 Å². The van der Waals surface area contributed by atoms with Gasteiger partial charge in [-0.2, -0.15) is 0 Å². The summed E-state index contributed by atoms with van der Waals surface area (Å²) in [6, 6.07) is 4.66. The summed E-state index contributed by atoms with van der Waals surface area (Å²) in [5, 5.41) is 7.30. The number of benzene rings is 1. The van der Waals surface area contributed by atoms with E-state index in [0.717, 1.165) is 0 Å². The lowest BCUT2D eigenvalue weighted by molar-refractivity contribution is 0.0640. The van der Waals surface area contributed by atoms with E-state index in [4.69, 9.17) is 15.9 Å². The summed E-state index contributed by atoms with van der Waals surface area (Å²) in [5.41, 5.74) is 6.05. The molecule has 1 heterocycles. The smallest absolute Gasteiger partial charge is 0.147 e. The highest BCUT2D eigenvalue weighted by Crippen LogP contribution is 2.29. The predicted octanol–water partition coefficient (Wildman–Crippen LogP) is 1.72. The first-order chi connectivity index (χ1) is 8.42. The van der Waals surface area contributed by atoms with Crippen molar-refractivity contribution < 1.29 is 9.13 Å². The molecule has 5 heteroatoms. The van der Waals surface area contributed by atoms with Gasteiger partial charge in [0.15, 0.2) is 0 Å². The van der Waals surface area contributed by atoms with Crippen molar-refractivity contribution in [1.82, 2.24) is 0 Å². The summed E-state index contributed by atoms with van der Waals surface area (Å²) >= 11 is 0. The van der Waals surface area contributed by atoms with Crippen LogP contribution in [-0.4, -0.2) is 31.1 Å². The van der Waals surface area contributed by atoms with Gasteiger partial charge < -0.3 is 15.4 Å². The van der Waals surface area contributed by atoms with Gasteiger partial charge in [-0.1, -0.05) is 0 Å². The van der Waals surface area contributed by atoms with Crippen molar-refractivity contribution in [2.24, 2.45) is 5.73 Å². The Balaban J connectivity index is 2.36. The molecule has 0 unspecified atom stereocenters. The Morgan fingerprint density at radius 2 is 2.22 bits per heavy atom. The quantitative estimate of drug-likeness (QED) is 0.621. The van der Waals surface area contributed by atoms with Crippen LogP contribution in [0.2, 0.25) is 0 Å². The van der Waals surface area contributed by atoms with E-state index in [0.29, 0.717) is 31.0 Å². The van der Waals surface area contributed by atoms with Crippen LogP contribution in [-0.2, 0) is 4.74 Å². The summed E-state index contributed by atoms with van der Waals surface area (Å²) in [5.74, 6) is -0.473. The number of nitrogen functional groups attached to an aromatic ring is 1. The number of hydrogen-bond donors (Lipinski definition) is 2. The van der Waals surface area contributed by atoms with E-state index in [9.17, 15) is 4.39 Å². The zero-order valence-corrected chi connectivity index (χ0v) is 10.7. The molecule has 1 aromatic carbocycles. The molecule has 1 aliphatic rings. The van der Waals surface area contributed by atoms with Gasteiger partial charge >= 0.3 is 0 Å². The second kappa shape index (κ2) is 4.57. The van der Waals surface area contributed by atoms with Crippen molar-refractivity contribution in [3.8, 4) is 0 Å². The molecule has 1 aliphatic heterocycles. The van der Waals surface area contributed by atoms with Gasteiger partial charge in [0.2, 0.25) is 0 Å². The molecular weight excluding hydrogens is 233 g/mol. The maximum atomic E-state index is 14.1. The van der Waals surface area contributed by atoms with Crippen molar-refractivity contribution in [2.45, 2.75) is 19.4 Å². The second-order valence-electron chi connectivity index (χ2n) is 5.10. The molecular formula is C13H18FN3O. The van der Waals surface area contributed by atoms with Gasteiger partial charge in [-0.25, -0.2) is 4.39 Å². The Bertz CT molecular complexity index is 473. The highest BCUT2D eigenvalue weighted by Gasteiger charge is 2.32. The van der Waals surface area contributed by atoms with E-state index in [-0.39, 0.29) is 17.2 Å². The SMILES string of the molecule is CC1(C)COCCN1c1ccc(C(=N)N)cc1F. The van der Waals surface area contributed by atoms with Crippen LogP contribution in [0.25, 0.3) is 0 Å². The molecule has 3 N–H and O–H groups in total. The fraction of sp³-hybridized carbons (Fsp3) is 0.462. The van der Waals surface area contributed by atoms with Crippen LogP contribution in [0.5, 0.6) is 0 Å². The maximum Gasteiger partial charge on any atom is 0.147 e. The van der Waals surface area contributed by atoms with E-state index in [2.05, 4.69) is 0 Å². The number of nitrogens with zero attached hydrogens (tertiary/aromatic N) is 1. The molecule has 0 amide bonds. The van der Waals surface area contributed by atoms with E-state index < -0.39 is 0 Å². The highest BCUT2D eigenvalue weighted by atomic mass is 19.1. The molecule has 0 radical (unpaired) electrons. The second-order valence-corrected chi connectivity index (χ2v) is 5.10. The number of nitrogens with two attached hydrogens (primary N) is 1. The third-order valence-electron chi connectivity index (χ3n) is 3.19. The van der Waals surface area contributed by atoms with Gasteiger partial charge in [0, 0.05) is 12.1 Å². The van der Waals surface area contributed by atoms with Gasteiger partial charge in [-0.15, -0.1) is 0 Å². The molecule has 0 aliphatic carbocycles. The van der Waals surface area contributed by atoms with E-state index in [1.54, 1.807) is 12.1 Å². The average Bonchev–Trinajstić information content (AvgIpc) is 2.29. The zero-order chi connectivity index (χ0) is 13.3. The van der Waals surface area contributed by atoms with Crippen LogP contribution < -0.4 is 10.6 Å². The van der Waals surface area contributed by atoms with Crippen LogP contribution in [0.3, 0.4) is 0 Å². The van der Waals surface area contributed by atoms with Gasteiger partial charge in [0.05, 0.1) is 24.4 Å².